The number of nitrogens with zero attached hydrogens (tertiary/aromatic N) is 1. The monoisotopic (exact) mass is 227 g/mol. The third-order valence-electron chi connectivity index (χ3n) is 1.63. The Labute approximate surface area is 80.1 Å². The summed E-state index contributed by atoms with van der Waals surface area (Å²) in [5.74, 6) is 0.0742. The number of ketones is 1. The molecule has 0 bridgehead atoms. The van der Waals surface area contributed by atoms with Crippen molar-refractivity contribution in [2.45, 2.75) is 13.3 Å². The van der Waals surface area contributed by atoms with Gasteiger partial charge in [-0.05, 0) is 18.6 Å². The zero-order valence-electron chi connectivity index (χ0n) is 6.88. The van der Waals surface area contributed by atoms with Crippen LogP contribution < -0.4 is 0 Å². The zero-order chi connectivity index (χ0) is 8.97. The summed E-state index contributed by atoms with van der Waals surface area (Å²) >= 11 is 3.11. The van der Waals surface area contributed by atoms with Gasteiger partial charge in [0, 0.05) is 17.5 Å². The highest BCUT2D eigenvalue weighted by atomic mass is 79.9. The highest BCUT2D eigenvalue weighted by Crippen LogP contribution is 2.03. The van der Waals surface area contributed by atoms with Crippen LogP contribution in [0, 0.1) is 0 Å². The van der Waals surface area contributed by atoms with Crippen LogP contribution in [0.2, 0.25) is 0 Å². The Kier molecular flexibility index (Phi) is 3.41. The van der Waals surface area contributed by atoms with Crippen LogP contribution in [0.25, 0.3) is 0 Å². The molecule has 0 spiro atoms. The molecule has 0 saturated heterocycles. The van der Waals surface area contributed by atoms with Crippen molar-refractivity contribution >= 4 is 21.7 Å². The van der Waals surface area contributed by atoms with Gasteiger partial charge in [-0.15, -0.1) is 0 Å². The van der Waals surface area contributed by atoms with E-state index in [9.17, 15) is 4.79 Å². The summed E-state index contributed by atoms with van der Waals surface area (Å²) in [4.78, 5) is 15.3. The third kappa shape index (κ3) is 2.14. The van der Waals surface area contributed by atoms with Crippen LogP contribution in [0.4, 0.5) is 0 Å². The molecule has 0 aliphatic rings. The molecule has 0 saturated carbocycles. The van der Waals surface area contributed by atoms with Crippen molar-refractivity contribution in [1.29, 1.82) is 0 Å². The van der Waals surface area contributed by atoms with Crippen LogP contribution >= 0.6 is 15.9 Å². The lowest BCUT2D eigenvalue weighted by Gasteiger charge is -1.97. The average Bonchev–Trinajstić information content (AvgIpc) is 2.17. The maximum atomic E-state index is 11.1. The molecule has 1 aromatic rings. The fraction of sp³-hybridized carbons (Fsp3) is 0.333. The van der Waals surface area contributed by atoms with Gasteiger partial charge in [0.15, 0.2) is 5.78 Å². The van der Waals surface area contributed by atoms with Crippen molar-refractivity contribution in [3.8, 4) is 0 Å². The van der Waals surface area contributed by atoms with Crippen molar-refractivity contribution in [1.82, 2.24) is 4.98 Å². The van der Waals surface area contributed by atoms with E-state index < -0.39 is 0 Å². The molecule has 64 valence electrons. The van der Waals surface area contributed by atoms with Crippen LogP contribution in [0.3, 0.4) is 0 Å². The number of aryl methyl sites for hydroxylation is 1. The lowest BCUT2D eigenvalue weighted by Crippen LogP contribution is -2.01. The van der Waals surface area contributed by atoms with E-state index in [2.05, 4.69) is 20.9 Å². The van der Waals surface area contributed by atoms with Crippen LogP contribution in [0.15, 0.2) is 18.3 Å². The quantitative estimate of drug-likeness (QED) is 0.586. The van der Waals surface area contributed by atoms with Gasteiger partial charge in [-0.25, -0.2) is 0 Å². The van der Waals surface area contributed by atoms with Crippen molar-refractivity contribution in [3.63, 3.8) is 0 Å². The first-order valence-corrected chi connectivity index (χ1v) is 4.94. The van der Waals surface area contributed by atoms with Crippen molar-refractivity contribution in [2.24, 2.45) is 0 Å². The molecule has 0 fully saturated rings. The molecular formula is C9H10BrNO. The third-order valence-corrected chi connectivity index (χ3v) is 2.14. The van der Waals surface area contributed by atoms with Crippen LogP contribution in [0.1, 0.15) is 23.0 Å². The van der Waals surface area contributed by atoms with E-state index in [1.807, 2.05) is 19.1 Å². The van der Waals surface area contributed by atoms with E-state index in [0.29, 0.717) is 10.9 Å². The minimum Gasteiger partial charge on any atom is -0.293 e. The van der Waals surface area contributed by atoms with E-state index in [1.54, 1.807) is 6.20 Å². The number of hydrogen-bond donors (Lipinski definition) is 0. The molecule has 0 radical (unpaired) electrons. The number of halogens is 1. The Bertz CT molecular complexity index is 268. The first kappa shape index (κ1) is 9.39. The van der Waals surface area contributed by atoms with Crippen molar-refractivity contribution in [3.05, 3.63) is 29.6 Å². The second-order valence-corrected chi connectivity index (χ2v) is 3.01. The summed E-state index contributed by atoms with van der Waals surface area (Å²) < 4.78 is 0. The van der Waals surface area contributed by atoms with Crippen LogP contribution in [0.5, 0.6) is 0 Å². The number of carbonyl (C=O) groups is 1. The molecule has 3 heteroatoms. The summed E-state index contributed by atoms with van der Waals surface area (Å²) in [6.45, 7) is 2.04. The van der Waals surface area contributed by atoms with Crippen molar-refractivity contribution in [2.75, 3.05) is 5.33 Å². The smallest absolute Gasteiger partial charge is 0.174 e. The second kappa shape index (κ2) is 4.36. The standard InChI is InChI=1S/C9H10BrNO/c1-2-8-4-3-7(6-11-8)9(12)5-10/h3-4,6H,2,5H2,1H3. The van der Waals surface area contributed by atoms with E-state index in [-0.39, 0.29) is 5.78 Å². The number of rotatable bonds is 3. The van der Waals surface area contributed by atoms with Gasteiger partial charge in [0.1, 0.15) is 0 Å². The number of pyridine rings is 1. The normalized spacial score (nSPS) is 9.83. The molecular weight excluding hydrogens is 218 g/mol. The second-order valence-electron chi connectivity index (χ2n) is 2.45. The van der Waals surface area contributed by atoms with Gasteiger partial charge in [-0.1, -0.05) is 22.9 Å². The van der Waals surface area contributed by atoms with E-state index in [4.69, 9.17) is 0 Å². The lowest BCUT2D eigenvalue weighted by molar-refractivity contribution is 0.102. The van der Waals surface area contributed by atoms with Gasteiger partial charge < -0.3 is 0 Å². The van der Waals surface area contributed by atoms with E-state index in [1.165, 1.54) is 0 Å². The molecule has 0 atom stereocenters. The largest absolute Gasteiger partial charge is 0.293 e. The average molecular weight is 228 g/mol. The summed E-state index contributed by atoms with van der Waals surface area (Å²) in [6, 6.07) is 3.70. The number of alkyl halides is 1. The first-order valence-electron chi connectivity index (χ1n) is 3.82. The number of hydrogen-bond acceptors (Lipinski definition) is 2. The van der Waals surface area contributed by atoms with Gasteiger partial charge in [-0.2, -0.15) is 0 Å². The molecule has 0 aromatic carbocycles. The van der Waals surface area contributed by atoms with Gasteiger partial charge in [0.25, 0.3) is 0 Å². The molecule has 0 N–H and O–H groups in total. The predicted molar refractivity (Wildman–Crippen MR) is 51.7 cm³/mol. The number of carbonyl (C=O) groups excluding carboxylic acids is 1. The number of Topliss-reactive ketones (excluding diaryl/α,β-unsaturated/α-hetero) is 1. The van der Waals surface area contributed by atoms with Gasteiger partial charge in [0.05, 0.1) is 5.33 Å². The topological polar surface area (TPSA) is 30.0 Å². The van der Waals surface area contributed by atoms with Crippen LogP contribution in [-0.4, -0.2) is 16.1 Å². The first-order chi connectivity index (χ1) is 5.77. The molecule has 1 heterocycles. The molecule has 0 aliphatic heterocycles. The maximum Gasteiger partial charge on any atom is 0.174 e. The Hall–Kier alpha value is -0.700. The Balaban J connectivity index is 2.84. The Morgan fingerprint density at radius 2 is 2.33 bits per heavy atom. The summed E-state index contributed by atoms with van der Waals surface area (Å²) in [6.07, 6.45) is 2.53. The van der Waals surface area contributed by atoms with Gasteiger partial charge in [-0.3, -0.25) is 9.78 Å². The Morgan fingerprint density at radius 1 is 1.58 bits per heavy atom. The minimum absolute atomic E-state index is 0.0742. The molecule has 0 aliphatic carbocycles. The molecule has 1 aromatic heterocycles. The lowest BCUT2D eigenvalue weighted by atomic mass is 10.2. The van der Waals surface area contributed by atoms with Crippen LogP contribution in [-0.2, 0) is 6.42 Å². The highest BCUT2D eigenvalue weighted by molar-refractivity contribution is 9.09. The van der Waals surface area contributed by atoms with E-state index >= 15 is 0 Å². The minimum atomic E-state index is 0.0742. The maximum absolute atomic E-state index is 11.1. The predicted octanol–water partition coefficient (Wildman–Crippen LogP) is 2.22. The summed E-state index contributed by atoms with van der Waals surface area (Å²) in [5, 5.41) is 0.361. The summed E-state index contributed by atoms with van der Waals surface area (Å²) in [7, 11) is 0. The molecule has 0 amide bonds. The molecule has 2 nitrogen and oxygen atoms in total. The van der Waals surface area contributed by atoms with Crippen molar-refractivity contribution < 1.29 is 4.79 Å². The summed E-state index contributed by atoms with van der Waals surface area (Å²) in [5.41, 5.74) is 1.69. The fourth-order valence-electron chi connectivity index (χ4n) is 0.876. The highest BCUT2D eigenvalue weighted by Gasteiger charge is 2.02. The number of aromatic nitrogens is 1. The zero-order valence-corrected chi connectivity index (χ0v) is 8.47. The van der Waals surface area contributed by atoms with Gasteiger partial charge >= 0.3 is 0 Å². The fourth-order valence-corrected chi connectivity index (χ4v) is 1.20. The SMILES string of the molecule is CCc1ccc(C(=O)CBr)cn1. The molecule has 0 unspecified atom stereocenters. The molecule has 12 heavy (non-hydrogen) atoms. The van der Waals surface area contributed by atoms with Gasteiger partial charge in [0.2, 0.25) is 0 Å². The molecule has 1 rings (SSSR count). The van der Waals surface area contributed by atoms with E-state index in [0.717, 1.165) is 12.1 Å². The Morgan fingerprint density at radius 3 is 2.75 bits per heavy atom.